The van der Waals surface area contributed by atoms with Crippen LogP contribution in [0.5, 0.6) is 0 Å². The minimum Gasteiger partial charge on any atom is -0.202 e. The molecule has 0 spiro atoms. The van der Waals surface area contributed by atoms with Gasteiger partial charge in [0, 0.05) is 0 Å². The molecule has 0 aliphatic rings. The average Bonchev–Trinajstić information content (AvgIpc) is 1.27. The Kier molecular flexibility index (Phi) is 2.96. The standard InChI is InChI=1S/C5H13NO/c1-5(2)7-6(3)4/h5H,1-4H3/p+1. The van der Waals surface area contributed by atoms with Crippen molar-refractivity contribution in [1.82, 2.24) is 0 Å². The smallest absolute Gasteiger partial charge is 0.111 e. The van der Waals surface area contributed by atoms with Gasteiger partial charge in [0.25, 0.3) is 0 Å². The lowest BCUT2D eigenvalue weighted by Gasteiger charge is -2.07. The molecule has 0 aliphatic carbocycles. The zero-order chi connectivity index (χ0) is 5.86. The van der Waals surface area contributed by atoms with E-state index in [9.17, 15) is 0 Å². The largest absolute Gasteiger partial charge is 0.202 e. The number of hydrogen-bond acceptors (Lipinski definition) is 1. The first-order valence-corrected chi connectivity index (χ1v) is 2.59. The van der Waals surface area contributed by atoms with Gasteiger partial charge in [0.15, 0.2) is 0 Å². The van der Waals surface area contributed by atoms with Crippen LogP contribution in [-0.2, 0) is 4.84 Å². The first kappa shape index (κ1) is 6.92. The molecule has 0 rings (SSSR count). The minimum absolute atomic E-state index is 0.338. The van der Waals surface area contributed by atoms with Crippen molar-refractivity contribution < 1.29 is 9.90 Å². The maximum absolute atomic E-state index is 5.17. The summed E-state index contributed by atoms with van der Waals surface area (Å²) in [5.74, 6) is 0. The molecule has 2 heteroatoms. The molecule has 0 aromatic heterocycles. The Bertz CT molecular complexity index is 37.3. The Morgan fingerprint density at radius 3 is 1.71 bits per heavy atom. The Morgan fingerprint density at radius 2 is 1.71 bits per heavy atom. The van der Waals surface area contributed by atoms with Gasteiger partial charge in [-0.1, -0.05) is 0 Å². The summed E-state index contributed by atoms with van der Waals surface area (Å²) in [7, 11) is 3.92. The van der Waals surface area contributed by atoms with Gasteiger partial charge in [0.05, 0.1) is 14.1 Å². The number of quaternary nitrogens is 1. The summed E-state index contributed by atoms with van der Waals surface area (Å²) in [5.41, 5.74) is 0. The quantitative estimate of drug-likeness (QED) is 0.465. The molecule has 7 heavy (non-hydrogen) atoms. The Balaban J connectivity index is 2.95. The monoisotopic (exact) mass is 104 g/mol. The number of hydrogen-bond donors (Lipinski definition) is 1. The average molecular weight is 104 g/mol. The van der Waals surface area contributed by atoms with Crippen molar-refractivity contribution in [2.75, 3.05) is 14.1 Å². The molecule has 0 radical (unpaired) electrons. The van der Waals surface area contributed by atoms with E-state index in [0.717, 1.165) is 5.06 Å². The second-order valence-corrected chi connectivity index (χ2v) is 2.07. The van der Waals surface area contributed by atoms with Gasteiger partial charge in [-0.05, 0) is 13.8 Å². The molecule has 0 amide bonds. The van der Waals surface area contributed by atoms with Crippen molar-refractivity contribution in [2.45, 2.75) is 20.0 Å². The zero-order valence-electron chi connectivity index (χ0n) is 5.49. The van der Waals surface area contributed by atoms with Gasteiger partial charge >= 0.3 is 0 Å². The number of rotatable bonds is 2. The van der Waals surface area contributed by atoms with Crippen molar-refractivity contribution in [1.29, 1.82) is 0 Å². The highest BCUT2D eigenvalue weighted by Crippen LogP contribution is 1.74. The number of nitrogens with one attached hydrogen (secondary N) is 1. The molecular formula is C5H14NO+. The van der Waals surface area contributed by atoms with E-state index in [-0.39, 0.29) is 0 Å². The Hall–Kier alpha value is -0.0800. The predicted octanol–water partition coefficient (Wildman–Crippen LogP) is -0.529. The van der Waals surface area contributed by atoms with Crippen molar-refractivity contribution in [2.24, 2.45) is 0 Å². The van der Waals surface area contributed by atoms with Crippen LogP contribution in [0.3, 0.4) is 0 Å². The molecule has 0 atom stereocenters. The third-order valence-electron chi connectivity index (χ3n) is 0.471. The molecule has 0 unspecified atom stereocenters. The molecule has 44 valence electrons. The lowest BCUT2D eigenvalue weighted by molar-refractivity contribution is -1.07. The third kappa shape index (κ3) is 5.92. The van der Waals surface area contributed by atoms with E-state index in [4.69, 9.17) is 4.84 Å². The van der Waals surface area contributed by atoms with Gasteiger partial charge in [0.1, 0.15) is 6.10 Å². The molecule has 1 N–H and O–H groups in total. The zero-order valence-corrected chi connectivity index (χ0v) is 5.49. The van der Waals surface area contributed by atoms with E-state index < -0.39 is 0 Å². The van der Waals surface area contributed by atoms with E-state index in [1.54, 1.807) is 0 Å². The molecular weight excluding hydrogens is 90.1 g/mol. The van der Waals surface area contributed by atoms with Crippen LogP contribution in [0.4, 0.5) is 0 Å². The normalized spacial score (nSPS) is 11.1. The summed E-state index contributed by atoms with van der Waals surface area (Å²) in [6.45, 7) is 4.04. The molecule has 0 aromatic rings. The van der Waals surface area contributed by atoms with Crippen LogP contribution in [0.2, 0.25) is 0 Å². The fourth-order valence-corrected chi connectivity index (χ4v) is 0.471. The second-order valence-electron chi connectivity index (χ2n) is 2.07. The molecule has 0 saturated carbocycles. The van der Waals surface area contributed by atoms with Crippen LogP contribution in [-0.4, -0.2) is 20.2 Å². The van der Waals surface area contributed by atoms with E-state index in [0.29, 0.717) is 6.10 Å². The summed E-state index contributed by atoms with van der Waals surface area (Å²) in [6.07, 6.45) is 0.338. The summed E-state index contributed by atoms with van der Waals surface area (Å²) in [4.78, 5) is 5.17. The van der Waals surface area contributed by atoms with Gasteiger partial charge in [-0.2, -0.15) is 5.06 Å². The molecule has 0 saturated heterocycles. The molecule has 0 aromatic carbocycles. The summed E-state index contributed by atoms with van der Waals surface area (Å²) in [6, 6.07) is 0. The van der Waals surface area contributed by atoms with Gasteiger partial charge in [-0.15, -0.1) is 0 Å². The van der Waals surface area contributed by atoms with Crippen LogP contribution in [0.1, 0.15) is 13.8 Å². The first-order valence-electron chi connectivity index (χ1n) is 2.59. The van der Waals surface area contributed by atoms with E-state index in [1.165, 1.54) is 0 Å². The first-order chi connectivity index (χ1) is 3.13. The molecule has 2 nitrogen and oxygen atoms in total. The van der Waals surface area contributed by atoms with Crippen molar-refractivity contribution >= 4 is 0 Å². The highest BCUT2D eigenvalue weighted by Gasteiger charge is 1.95. The summed E-state index contributed by atoms with van der Waals surface area (Å²) < 4.78 is 0. The highest BCUT2D eigenvalue weighted by molar-refractivity contribution is 4.24. The molecule has 0 bridgehead atoms. The fourth-order valence-electron chi connectivity index (χ4n) is 0.471. The maximum Gasteiger partial charge on any atom is 0.111 e. The van der Waals surface area contributed by atoms with Gasteiger partial charge in [-0.3, -0.25) is 0 Å². The van der Waals surface area contributed by atoms with Crippen LogP contribution < -0.4 is 5.06 Å². The predicted molar refractivity (Wildman–Crippen MR) is 29.0 cm³/mol. The van der Waals surface area contributed by atoms with Crippen molar-refractivity contribution in [3.8, 4) is 0 Å². The number of hydroxylamine groups is 2. The Labute approximate surface area is 45.0 Å². The molecule has 0 heterocycles. The van der Waals surface area contributed by atoms with E-state index in [2.05, 4.69) is 0 Å². The topological polar surface area (TPSA) is 13.7 Å². The van der Waals surface area contributed by atoms with Gasteiger partial charge in [-0.25, -0.2) is 4.84 Å². The lowest BCUT2D eigenvalue weighted by atomic mass is 10.5. The van der Waals surface area contributed by atoms with Crippen molar-refractivity contribution in [3.63, 3.8) is 0 Å². The maximum atomic E-state index is 5.17. The van der Waals surface area contributed by atoms with Crippen LogP contribution in [0.25, 0.3) is 0 Å². The highest BCUT2D eigenvalue weighted by atomic mass is 16.7. The fraction of sp³-hybridized carbons (Fsp3) is 1.00. The lowest BCUT2D eigenvalue weighted by Crippen LogP contribution is -3.05. The SMILES string of the molecule is CC(C)O[NH+](C)C. The summed E-state index contributed by atoms with van der Waals surface area (Å²) in [5, 5.41) is 1.04. The van der Waals surface area contributed by atoms with E-state index >= 15 is 0 Å². The van der Waals surface area contributed by atoms with Gasteiger partial charge in [0.2, 0.25) is 0 Å². The summed E-state index contributed by atoms with van der Waals surface area (Å²) >= 11 is 0. The van der Waals surface area contributed by atoms with Crippen molar-refractivity contribution in [3.05, 3.63) is 0 Å². The Morgan fingerprint density at radius 1 is 1.29 bits per heavy atom. The molecule has 0 fully saturated rings. The van der Waals surface area contributed by atoms with Crippen LogP contribution in [0.15, 0.2) is 0 Å². The second kappa shape index (κ2) is 2.99. The van der Waals surface area contributed by atoms with Crippen LogP contribution >= 0.6 is 0 Å². The van der Waals surface area contributed by atoms with Gasteiger partial charge < -0.3 is 0 Å². The molecule has 0 aliphatic heterocycles. The minimum atomic E-state index is 0.338. The third-order valence-corrected chi connectivity index (χ3v) is 0.471. The van der Waals surface area contributed by atoms with E-state index in [1.807, 2.05) is 27.9 Å². The van der Waals surface area contributed by atoms with Crippen LogP contribution in [0, 0.1) is 0 Å².